The SMILES string of the molecule is Cc1cc(C(=O)N[C@@H](CC23CC(C2)C3)C(=O)NN(C[C@@H]2CCNC2=O)C(=O)[C@H](F)Cl)no1. The molecule has 3 saturated carbocycles. The lowest BCUT2D eigenvalue weighted by atomic mass is 9.43. The van der Waals surface area contributed by atoms with Gasteiger partial charge in [-0.1, -0.05) is 16.8 Å². The van der Waals surface area contributed by atoms with E-state index < -0.39 is 35.3 Å². The van der Waals surface area contributed by atoms with Crippen LogP contribution in [0.1, 0.15) is 48.4 Å². The molecule has 4 aliphatic rings. The van der Waals surface area contributed by atoms with E-state index in [0.29, 0.717) is 31.1 Å². The standard InChI is InChI=1S/C20H25ClFN5O5/c1-10-4-13(26-32-10)17(29)24-14(8-20-5-11(6-20)7-20)18(30)25-27(19(31)15(21)22)9-12-2-3-23-16(12)28/h4,11-12,14-15H,2-3,5-9H2,1H3,(H,23,28)(H,24,29)(H,25,30)/t11?,12-,14-,15-,20?/m0/s1. The Labute approximate surface area is 188 Å². The van der Waals surface area contributed by atoms with Crippen LogP contribution in [-0.2, 0) is 14.4 Å². The van der Waals surface area contributed by atoms with E-state index in [1.807, 2.05) is 0 Å². The van der Waals surface area contributed by atoms with Crippen molar-refractivity contribution < 1.29 is 28.1 Å². The van der Waals surface area contributed by atoms with Crippen molar-refractivity contribution in [1.29, 1.82) is 0 Å². The molecule has 4 fully saturated rings. The van der Waals surface area contributed by atoms with Gasteiger partial charge in [0.2, 0.25) is 5.91 Å². The van der Waals surface area contributed by atoms with E-state index in [0.717, 1.165) is 24.3 Å². The van der Waals surface area contributed by atoms with Gasteiger partial charge in [0.1, 0.15) is 11.8 Å². The van der Waals surface area contributed by atoms with Gasteiger partial charge in [-0.2, -0.15) is 0 Å². The Morgan fingerprint density at radius 3 is 2.62 bits per heavy atom. The second-order valence-corrected chi connectivity index (χ2v) is 9.42. The molecule has 0 aromatic carbocycles. The first kappa shape index (κ1) is 22.5. The van der Waals surface area contributed by atoms with Crippen molar-refractivity contribution in [3.8, 4) is 0 Å². The summed E-state index contributed by atoms with van der Waals surface area (Å²) >= 11 is 5.32. The van der Waals surface area contributed by atoms with E-state index in [-0.39, 0.29) is 23.6 Å². The van der Waals surface area contributed by atoms with Crippen LogP contribution in [-0.4, -0.2) is 58.6 Å². The number of alkyl halides is 2. The topological polar surface area (TPSA) is 134 Å². The zero-order valence-corrected chi connectivity index (χ0v) is 18.3. The molecule has 3 aliphatic carbocycles. The van der Waals surface area contributed by atoms with Crippen molar-refractivity contribution in [2.45, 2.75) is 50.7 Å². The van der Waals surface area contributed by atoms with E-state index >= 15 is 0 Å². The molecule has 32 heavy (non-hydrogen) atoms. The molecule has 1 saturated heterocycles. The lowest BCUT2D eigenvalue weighted by Crippen LogP contribution is -2.60. The molecule has 3 N–H and O–H groups in total. The van der Waals surface area contributed by atoms with Crippen molar-refractivity contribution in [2.75, 3.05) is 13.1 Å². The smallest absolute Gasteiger partial charge is 0.291 e. The number of carbonyl (C=O) groups excluding carboxylic acids is 4. The highest BCUT2D eigenvalue weighted by atomic mass is 35.5. The average Bonchev–Trinajstić information content (AvgIpc) is 3.29. The van der Waals surface area contributed by atoms with Gasteiger partial charge in [-0.3, -0.25) is 24.6 Å². The molecule has 2 bridgehead atoms. The highest BCUT2D eigenvalue weighted by Gasteiger charge is 2.57. The number of amides is 4. The molecule has 0 spiro atoms. The maximum Gasteiger partial charge on any atom is 0.291 e. The minimum absolute atomic E-state index is 0.0189. The molecule has 5 rings (SSSR count). The molecule has 2 heterocycles. The highest BCUT2D eigenvalue weighted by Crippen LogP contribution is 2.66. The van der Waals surface area contributed by atoms with Gasteiger partial charge in [-0.15, -0.1) is 0 Å². The fraction of sp³-hybridized carbons (Fsp3) is 0.650. The molecule has 12 heteroatoms. The Morgan fingerprint density at radius 1 is 1.41 bits per heavy atom. The quantitative estimate of drug-likeness (QED) is 0.381. The Morgan fingerprint density at radius 2 is 2.12 bits per heavy atom. The molecule has 0 radical (unpaired) electrons. The van der Waals surface area contributed by atoms with Gasteiger partial charge in [-0.05, 0) is 50.4 Å². The Bertz CT molecular complexity index is 920. The zero-order valence-electron chi connectivity index (χ0n) is 17.5. The summed E-state index contributed by atoms with van der Waals surface area (Å²) in [5, 5.41) is 9.68. The van der Waals surface area contributed by atoms with E-state index in [9.17, 15) is 23.6 Å². The van der Waals surface area contributed by atoms with Gasteiger partial charge in [0.15, 0.2) is 5.69 Å². The maximum atomic E-state index is 13.6. The maximum absolute atomic E-state index is 13.6. The Kier molecular flexibility index (Phi) is 6.11. The minimum Gasteiger partial charge on any atom is -0.361 e. The molecule has 1 aliphatic heterocycles. The van der Waals surface area contributed by atoms with Gasteiger partial charge in [-0.25, -0.2) is 9.40 Å². The monoisotopic (exact) mass is 469 g/mol. The zero-order chi connectivity index (χ0) is 23.0. The highest BCUT2D eigenvalue weighted by molar-refractivity contribution is 6.29. The minimum atomic E-state index is -2.39. The second-order valence-electron chi connectivity index (χ2n) is 9.03. The van der Waals surface area contributed by atoms with Gasteiger partial charge in [0, 0.05) is 12.6 Å². The molecule has 4 amide bonds. The van der Waals surface area contributed by atoms with Gasteiger partial charge >= 0.3 is 0 Å². The van der Waals surface area contributed by atoms with Crippen LogP contribution in [0.2, 0.25) is 0 Å². The summed E-state index contributed by atoms with van der Waals surface area (Å²) in [5.74, 6) is -2.24. The average molecular weight is 470 g/mol. The van der Waals surface area contributed by atoms with E-state index in [2.05, 4.69) is 21.2 Å². The summed E-state index contributed by atoms with van der Waals surface area (Å²) in [5.41, 5.74) is -0.000922. The van der Waals surface area contributed by atoms with Crippen LogP contribution in [0.5, 0.6) is 0 Å². The number of hydrogen-bond donors (Lipinski definition) is 3. The second kappa shape index (κ2) is 8.68. The molecular weight excluding hydrogens is 445 g/mol. The molecule has 3 atom stereocenters. The van der Waals surface area contributed by atoms with Crippen molar-refractivity contribution >= 4 is 35.2 Å². The van der Waals surface area contributed by atoms with Crippen LogP contribution in [0.4, 0.5) is 4.39 Å². The third-order valence-corrected chi connectivity index (χ3v) is 6.73. The largest absolute Gasteiger partial charge is 0.361 e. The predicted molar refractivity (Wildman–Crippen MR) is 109 cm³/mol. The van der Waals surface area contributed by atoms with E-state index in [1.165, 1.54) is 6.07 Å². The molecule has 1 aromatic rings. The van der Waals surface area contributed by atoms with Crippen molar-refractivity contribution in [1.82, 2.24) is 26.2 Å². The molecular formula is C20H25ClFN5O5. The predicted octanol–water partition coefficient (Wildman–Crippen LogP) is 0.802. The van der Waals surface area contributed by atoms with Crippen LogP contribution in [0.25, 0.3) is 0 Å². The fourth-order valence-corrected chi connectivity index (χ4v) is 4.93. The molecule has 0 unspecified atom stereocenters. The van der Waals surface area contributed by atoms with Crippen LogP contribution in [0.15, 0.2) is 10.6 Å². The summed E-state index contributed by atoms with van der Waals surface area (Å²) in [6, 6.07) is 0.461. The third kappa shape index (κ3) is 4.57. The molecule has 174 valence electrons. The van der Waals surface area contributed by atoms with Gasteiger partial charge in [0.05, 0.1) is 12.5 Å². The van der Waals surface area contributed by atoms with Crippen molar-refractivity contribution in [3.05, 3.63) is 17.5 Å². The summed E-state index contributed by atoms with van der Waals surface area (Å²) in [6.07, 6.45) is 3.76. The normalized spacial score (nSPS) is 27.4. The number of aryl methyl sites for hydroxylation is 1. The summed E-state index contributed by atoms with van der Waals surface area (Å²) in [4.78, 5) is 49.9. The lowest BCUT2D eigenvalue weighted by molar-refractivity contribution is -0.149. The number of halogens is 2. The number of carbonyl (C=O) groups is 4. The summed E-state index contributed by atoms with van der Waals surface area (Å²) in [6.45, 7) is 1.84. The Hall–Kier alpha value is -2.69. The van der Waals surface area contributed by atoms with Crippen molar-refractivity contribution in [3.63, 3.8) is 0 Å². The number of rotatable bonds is 8. The summed E-state index contributed by atoms with van der Waals surface area (Å²) in [7, 11) is 0. The first-order valence-corrected chi connectivity index (χ1v) is 11.0. The van der Waals surface area contributed by atoms with Crippen LogP contribution in [0.3, 0.4) is 0 Å². The van der Waals surface area contributed by atoms with Crippen LogP contribution >= 0.6 is 11.6 Å². The third-order valence-electron chi connectivity index (χ3n) is 6.55. The number of nitrogens with one attached hydrogen (secondary N) is 3. The fourth-order valence-electron chi connectivity index (χ4n) is 4.81. The number of hydrazine groups is 1. The van der Waals surface area contributed by atoms with Crippen LogP contribution < -0.4 is 16.1 Å². The number of hydrogen-bond acceptors (Lipinski definition) is 6. The van der Waals surface area contributed by atoms with E-state index in [1.54, 1.807) is 6.92 Å². The first-order chi connectivity index (χ1) is 15.2. The molecule has 1 aromatic heterocycles. The number of aromatic nitrogens is 1. The lowest BCUT2D eigenvalue weighted by Gasteiger charge is -2.63. The van der Waals surface area contributed by atoms with Crippen molar-refractivity contribution in [2.24, 2.45) is 17.3 Å². The summed E-state index contributed by atoms with van der Waals surface area (Å²) < 4.78 is 18.5. The van der Waals surface area contributed by atoms with E-state index in [4.69, 9.17) is 16.1 Å². The first-order valence-electron chi connectivity index (χ1n) is 10.6. The number of nitrogens with zero attached hydrogens (tertiary/aromatic N) is 2. The van der Waals surface area contributed by atoms with Gasteiger partial charge in [0.25, 0.3) is 23.4 Å². The van der Waals surface area contributed by atoms with Gasteiger partial charge < -0.3 is 15.2 Å². The van der Waals surface area contributed by atoms with Crippen LogP contribution in [0, 0.1) is 24.2 Å². The molecule has 10 nitrogen and oxygen atoms in total. The Balaban J connectivity index is 1.47.